The number of carboxylic acid groups (broad SMARTS) is 1. The van der Waals surface area contributed by atoms with Gasteiger partial charge in [0, 0.05) is 6.54 Å². The summed E-state index contributed by atoms with van der Waals surface area (Å²) in [5.41, 5.74) is 7.74. The fourth-order valence-electron chi connectivity index (χ4n) is 1.95. The van der Waals surface area contributed by atoms with Gasteiger partial charge in [-0.15, -0.1) is 0 Å². The fraction of sp³-hybridized carbons (Fsp3) is 0.286. The van der Waals surface area contributed by atoms with Gasteiger partial charge >= 0.3 is 5.97 Å². The van der Waals surface area contributed by atoms with Gasteiger partial charge in [0.1, 0.15) is 12.4 Å². The molecule has 6 nitrogen and oxygen atoms in total. The first-order chi connectivity index (χ1) is 9.93. The lowest BCUT2D eigenvalue weighted by Gasteiger charge is -2.11. The van der Waals surface area contributed by atoms with Crippen LogP contribution in [0, 0.1) is 6.92 Å². The molecule has 21 heavy (non-hydrogen) atoms. The number of ether oxygens (including phenoxy) is 1. The molecular formula is C14H16ClN3O3. The minimum absolute atomic E-state index is 0.116. The predicted molar refractivity (Wildman–Crippen MR) is 79.8 cm³/mol. The van der Waals surface area contributed by atoms with E-state index in [1.807, 2.05) is 13.8 Å². The van der Waals surface area contributed by atoms with Gasteiger partial charge in [-0.05, 0) is 32.0 Å². The molecule has 0 amide bonds. The molecule has 0 atom stereocenters. The summed E-state index contributed by atoms with van der Waals surface area (Å²) in [7, 11) is 0. The zero-order valence-electron chi connectivity index (χ0n) is 11.8. The third-order valence-corrected chi connectivity index (χ3v) is 3.57. The molecule has 0 fully saturated rings. The van der Waals surface area contributed by atoms with Crippen LogP contribution in [0.1, 0.15) is 28.7 Å². The third kappa shape index (κ3) is 3.11. The molecule has 1 heterocycles. The average Bonchev–Trinajstić information content (AvgIpc) is 2.73. The minimum atomic E-state index is -1.03. The number of nitrogen functional groups attached to an aromatic ring is 1. The van der Waals surface area contributed by atoms with Crippen molar-refractivity contribution in [3.63, 3.8) is 0 Å². The van der Waals surface area contributed by atoms with Crippen molar-refractivity contribution in [3.8, 4) is 5.75 Å². The molecule has 0 saturated heterocycles. The lowest BCUT2D eigenvalue weighted by atomic mass is 10.2. The second kappa shape index (κ2) is 6.05. The summed E-state index contributed by atoms with van der Waals surface area (Å²) in [5, 5.41) is 13.8. The van der Waals surface area contributed by atoms with Crippen molar-refractivity contribution in [1.29, 1.82) is 0 Å². The van der Waals surface area contributed by atoms with E-state index >= 15 is 0 Å². The van der Waals surface area contributed by atoms with Crippen molar-refractivity contribution < 1.29 is 14.6 Å². The molecule has 112 valence electrons. The summed E-state index contributed by atoms with van der Waals surface area (Å²) < 4.78 is 7.36. The van der Waals surface area contributed by atoms with Crippen LogP contribution in [0.25, 0.3) is 0 Å². The van der Waals surface area contributed by atoms with Gasteiger partial charge < -0.3 is 15.6 Å². The smallest absolute Gasteiger partial charge is 0.335 e. The van der Waals surface area contributed by atoms with Crippen LogP contribution < -0.4 is 10.5 Å². The van der Waals surface area contributed by atoms with E-state index in [9.17, 15) is 4.79 Å². The number of aryl methyl sites for hydroxylation is 2. The summed E-state index contributed by atoms with van der Waals surface area (Å²) in [4.78, 5) is 11.0. The topological polar surface area (TPSA) is 90.4 Å². The first-order valence-electron chi connectivity index (χ1n) is 6.41. The Morgan fingerprint density at radius 1 is 1.52 bits per heavy atom. The van der Waals surface area contributed by atoms with Crippen LogP contribution >= 0.6 is 11.6 Å². The molecule has 0 unspecified atom stereocenters. The summed E-state index contributed by atoms with van der Waals surface area (Å²) in [6, 6.07) is 4.33. The number of hydrogen-bond donors (Lipinski definition) is 2. The highest BCUT2D eigenvalue weighted by Gasteiger charge is 2.14. The number of benzene rings is 1. The largest absolute Gasteiger partial charge is 0.485 e. The number of aromatic carboxylic acids is 1. The number of rotatable bonds is 5. The summed E-state index contributed by atoms with van der Waals surface area (Å²) in [6.45, 7) is 4.60. The Morgan fingerprint density at radius 2 is 2.24 bits per heavy atom. The monoisotopic (exact) mass is 309 g/mol. The molecule has 2 aromatic rings. The highest BCUT2D eigenvalue weighted by Crippen LogP contribution is 2.26. The van der Waals surface area contributed by atoms with Crippen molar-refractivity contribution in [3.05, 3.63) is 40.2 Å². The zero-order valence-corrected chi connectivity index (χ0v) is 12.5. The quantitative estimate of drug-likeness (QED) is 0.829. The fourth-order valence-corrected chi connectivity index (χ4v) is 2.14. The Labute approximate surface area is 127 Å². The molecule has 0 bridgehead atoms. The molecule has 1 aromatic carbocycles. The van der Waals surface area contributed by atoms with Gasteiger partial charge in [-0.2, -0.15) is 5.10 Å². The van der Waals surface area contributed by atoms with Crippen molar-refractivity contribution in [2.24, 2.45) is 0 Å². The highest BCUT2D eigenvalue weighted by molar-refractivity contribution is 6.31. The molecule has 0 aliphatic heterocycles. The Bertz CT molecular complexity index is 682. The van der Waals surface area contributed by atoms with Crippen LogP contribution in [-0.2, 0) is 13.2 Å². The van der Waals surface area contributed by atoms with Crippen LogP contribution in [0.3, 0.4) is 0 Å². The maximum Gasteiger partial charge on any atom is 0.335 e. The maximum absolute atomic E-state index is 11.0. The molecule has 0 spiro atoms. The number of anilines is 1. The number of nitrogens with two attached hydrogens (primary N) is 1. The van der Waals surface area contributed by atoms with Gasteiger partial charge in [0.2, 0.25) is 0 Å². The van der Waals surface area contributed by atoms with Gasteiger partial charge in [-0.1, -0.05) is 11.6 Å². The maximum atomic E-state index is 11.0. The number of halogens is 1. The third-order valence-electron chi connectivity index (χ3n) is 3.08. The number of hydrogen-bond acceptors (Lipinski definition) is 4. The molecule has 7 heteroatoms. The minimum Gasteiger partial charge on any atom is -0.485 e. The lowest BCUT2D eigenvalue weighted by Crippen LogP contribution is -2.08. The van der Waals surface area contributed by atoms with Crippen molar-refractivity contribution >= 4 is 23.3 Å². The molecule has 0 radical (unpaired) electrons. The molecule has 0 saturated carbocycles. The van der Waals surface area contributed by atoms with Crippen molar-refractivity contribution in [2.45, 2.75) is 27.0 Å². The zero-order chi connectivity index (χ0) is 15.6. The van der Waals surface area contributed by atoms with E-state index in [0.717, 1.165) is 11.4 Å². The van der Waals surface area contributed by atoms with E-state index in [0.29, 0.717) is 23.0 Å². The normalized spacial score (nSPS) is 10.6. The SMILES string of the molecule is CCn1nc(C)c(Cl)c1COc1cc(C(=O)O)ccc1N. The predicted octanol–water partition coefficient (Wildman–Crippen LogP) is 2.72. The molecule has 1 aromatic heterocycles. The standard InChI is InChI=1S/C14H16ClN3O3/c1-3-18-11(13(15)8(2)17-18)7-21-12-6-9(14(19)20)4-5-10(12)16/h4-6H,3,7,16H2,1-2H3,(H,19,20). The van der Waals surface area contributed by atoms with Gasteiger partial charge in [0.25, 0.3) is 0 Å². The van der Waals surface area contributed by atoms with E-state index in [2.05, 4.69) is 5.10 Å². The first-order valence-corrected chi connectivity index (χ1v) is 6.79. The van der Waals surface area contributed by atoms with Crippen LogP contribution in [0.15, 0.2) is 18.2 Å². The summed E-state index contributed by atoms with van der Waals surface area (Å²) in [5.74, 6) is -0.722. The molecule has 3 N–H and O–H groups in total. The average molecular weight is 310 g/mol. The Hall–Kier alpha value is -2.21. The Morgan fingerprint density at radius 3 is 2.86 bits per heavy atom. The van der Waals surface area contributed by atoms with E-state index in [1.165, 1.54) is 18.2 Å². The van der Waals surface area contributed by atoms with E-state index in [4.69, 9.17) is 27.2 Å². The Kier molecular flexibility index (Phi) is 4.37. The Balaban J connectivity index is 2.24. The van der Waals surface area contributed by atoms with E-state index in [1.54, 1.807) is 4.68 Å². The van der Waals surface area contributed by atoms with Crippen LogP contribution in [-0.4, -0.2) is 20.9 Å². The number of carboxylic acids is 1. The van der Waals surface area contributed by atoms with Gasteiger partial charge in [-0.3, -0.25) is 4.68 Å². The second-order valence-corrected chi connectivity index (χ2v) is 4.89. The molecular weight excluding hydrogens is 294 g/mol. The highest BCUT2D eigenvalue weighted by atomic mass is 35.5. The molecule has 0 aliphatic carbocycles. The van der Waals surface area contributed by atoms with Crippen LogP contribution in [0.4, 0.5) is 5.69 Å². The van der Waals surface area contributed by atoms with E-state index < -0.39 is 5.97 Å². The van der Waals surface area contributed by atoms with Gasteiger partial charge in [0.05, 0.1) is 27.7 Å². The van der Waals surface area contributed by atoms with Crippen LogP contribution in [0.2, 0.25) is 5.02 Å². The summed E-state index contributed by atoms with van der Waals surface area (Å²) in [6.07, 6.45) is 0. The second-order valence-electron chi connectivity index (χ2n) is 4.51. The summed E-state index contributed by atoms with van der Waals surface area (Å²) >= 11 is 6.19. The van der Waals surface area contributed by atoms with E-state index in [-0.39, 0.29) is 12.2 Å². The number of carbonyl (C=O) groups is 1. The number of aromatic nitrogens is 2. The van der Waals surface area contributed by atoms with Crippen LogP contribution in [0.5, 0.6) is 5.75 Å². The molecule has 2 rings (SSSR count). The molecule has 0 aliphatic rings. The van der Waals surface area contributed by atoms with Crippen molar-refractivity contribution in [1.82, 2.24) is 9.78 Å². The number of nitrogens with zero attached hydrogens (tertiary/aromatic N) is 2. The van der Waals surface area contributed by atoms with Gasteiger partial charge in [-0.25, -0.2) is 4.79 Å². The lowest BCUT2D eigenvalue weighted by molar-refractivity contribution is 0.0696. The van der Waals surface area contributed by atoms with Crippen molar-refractivity contribution in [2.75, 3.05) is 5.73 Å². The first kappa shape index (κ1) is 15.2. The van der Waals surface area contributed by atoms with Gasteiger partial charge in [0.15, 0.2) is 0 Å².